The first kappa shape index (κ1) is 19.6. The zero-order valence-electron chi connectivity index (χ0n) is 16.4. The van der Waals surface area contributed by atoms with Gasteiger partial charge in [-0.25, -0.2) is 4.68 Å². The lowest BCUT2D eigenvalue weighted by Crippen LogP contribution is -2.25. The van der Waals surface area contributed by atoms with Gasteiger partial charge in [0.15, 0.2) is 5.16 Å². The Labute approximate surface area is 173 Å². The number of nitrogens with zero attached hydrogens (tertiary/aromatic N) is 7. The lowest BCUT2D eigenvalue weighted by Gasteiger charge is -2.16. The molecule has 29 heavy (non-hydrogen) atoms. The minimum Gasteiger partial charge on any atom is -0.352 e. The van der Waals surface area contributed by atoms with E-state index in [1.165, 1.54) is 36.7 Å². The topological polar surface area (TPSA) is 103 Å². The molecular weight excluding hydrogens is 388 g/mol. The summed E-state index contributed by atoms with van der Waals surface area (Å²) < 4.78 is 3.84. The van der Waals surface area contributed by atoms with Crippen molar-refractivity contribution in [2.45, 2.75) is 49.7 Å². The van der Waals surface area contributed by atoms with E-state index >= 15 is 0 Å². The predicted octanol–water partition coefficient (Wildman–Crippen LogP) is 2.45. The Balaban J connectivity index is 1.33. The van der Waals surface area contributed by atoms with Crippen molar-refractivity contribution in [1.82, 2.24) is 40.3 Å². The molecule has 0 bridgehead atoms. The third kappa shape index (κ3) is 4.47. The van der Waals surface area contributed by atoms with Crippen molar-refractivity contribution >= 4 is 17.7 Å². The van der Waals surface area contributed by atoms with E-state index in [-0.39, 0.29) is 5.91 Å². The Morgan fingerprint density at radius 1 is 1.28 bits per heavy atom. The van der Waals surface area contributed by atoms with E-state index < -0.39 is 0 Å². The summed E-state index contributed by atoms with van der Waals surface area (Å²) in [6.45, 7) is 0.583. The molecule has 10 heteroatoms. The van der Waals surface area contributed by atoms with Crippen molar-refractivity contribution < 1.29 is 4.79 Å². The fourth-order valence-electron chi connectivity index (χ4n) is 3.77. The molecule has 0 spiro atoms. The summed E-state index contributed by atoms with van der Waals surface area (Å²) >= 11 is 1.65. The van der Waals surface area contributed by atoms with Crippen LogP contribution in [0.5, 0.6) is 0 Å². The summed E-state index contributed by atoms with van der Waals surface area (Å²) in [5.41, 5.74) is 1.33. The van der Waals surface area contributed by atoms with Crippen LogP contribution in [0.4, 0.5) is 0 Å². The van der Waals surface area contributed by atoms with Crippen LogP contribution in [-0.2, 0) is 6.42 Å². The zero-order chi connectivity index (χ0) is 20.1. The number of benzene rings is 1. The Morgan fingerprint density at radius 2 is 2.14 bits per heavy atom. The number of aryl methyl sites for hydroxylation is 1. The lowest BCUT2D eigenvalue weighted by atomic mass is 10.2. The van der Waals surface area contributed by atoms with Gasteiger partial charge < -0.3 is 9.88 Å². The van der Waals surface area contributed by atoms with Gasteiger partial charge in [-0.1, -0.05) is 30.7 Å². The first-order chi connectivity index (χ1) is 14.3. The van der Waals surface area contributed by atoms with Crippen LogP contribution in [0.15, 0.2) is 35.7 Å². The second-order valence-electron chi connectivity index (χ2n) is 7.08. The van der Waals surface area contributed by atoms with Crippen LogP contribution in [0.1, 0.15) is 54.3 Å². The van der Waals surface area contributed by atoms with Crippen LogP contribution in [0.25, 0.3) is 5.69 Å². The molecule has 0 radical (unpaired) electrons. The molecule has 1 aliphatic carbocycles. The Morgan fingerprint density at radius 3 is 2.90 bits per heavy atom. The Kier molecular flexibility index (Phi) is 6.18. The number of amides is 1. The quantitative estimate of drug-likeness (QED) is 0.448. The second-order valence-corrected chi connectivity index (χ2v) is 7.85. The molecule has 0 saturated heterocycles. The highest BCUT2D eigenvalue weighted by atomic mass is 32.2. The van der Waals surface area contributed by atoms with Crippen LogP contribution >= 0.6 is 11.8 Å². The maximum atomic E-state index is 12.5. The molecule has 1 aliphatic rings. The van der Waals surface area contributed by atoms with E-state index in [0.717, 1.165) is 29.5 Å². The molecule has 2 aromatic heterocycles. The van der Waals surface area contributed by atoms with Crippen molar-refractivity contribution in [3.63, 3.8) is 0 Å². The molecule has 152 valence electrons. The van der Waals surface area contributed by atoms with Crippen molar-refractivity contribution in [3.05, 3.63) is 42.0 Å². The summed E-state index contributed by atoms with van der Waals surface area (Å²) in [6.07, 6.45) is 10.1. The van der Waals surface area contributed by atoms with Crippen LogP contribution in [-0.4, -0.2) is 53.7 Å². The van der Waals surface area contributed by atoms with Crippen LogP contribution in [0.2, 0.25) is 0 Å². The Bertz CT molecular complexity index is 949. The molecule has 0 atom stereocenters. The third-order valence-electron chi connectivity index (χ3n) is 5.19. The molecule has 1 N–H and O–H groups in total. The van der Waals surface area contributed by atoms with Crippen LogP contribution < -0.4 is 5.32 Å². The molecule has 1 amide bonds. The van der Waals surface area contributed by atoms with Gasteiger partial charge in [0.2, 0.25) is 0 Å². The average molecular weight is 413 g/mol. The summed E-state index contributed by atoms with van der Waals surface area (Å²) in [6, 6.07) is 7.75. The molecular formula is C19H24N8OS. The van der Waals surface area contributed by atoms with Crippen molar-refractivity contribution in [3.8, 4) is 5.69 Å². The van der Waals surface area contributed by atoms with E-state index in [0.29, 0.717) is 18.2 Å². The molecule has 4 rings (SSSR count). The number of aromatic nitrogens is 7. The molecule has 0 aliphatic heterocycles. The summed E-state index contributed by atoms with van der Waals surface area (Å²) in [7, 11) is 0. The van der Waals surface area contributed by atoms with Crippen molar-refractivity contribution in [2.24, 2.45) is 0 Å². The monoisotopic (exact) mass is 412 g/mol. The first-order valence-electron chi connectivity index (χ1n) is 9.85. The highest BCUT2D eigenvalue weighted by Crippen LogP contribution is 2.33. The molecule has 9 nitrogen and oxygen atoms in total. The van der Waals surface area contributed by atoms with E-state index in [1.54, 1.807) is 23.9 Å². The maximum Gasteiger partial charge on any atom is 0.251 e. The van der Waals surface area contributed by atoms with Crippen molar-refractivity contribution in [1.29, 1.82) is 0 Å². The van der Waals surface area contributed by atoms with Crippen LogP contribution in [0.3, 0.4) is 0 Å². The number of nitrogens with one attached hydrogen (secondary N) is 1. The van der Waals surface area contributed by atoms with Gasteiger partial charge in [0.1, 0.15) is 12.2 Å². The second kappa shape index (κ2) is 9.17. The number of hydrogen-bond donors (Lipinski definition) is 1. The van der Waals surface area contributed by atoms with E-state index in [4.69, 9.17) is 0 Å². The summed E-state index contributed by atoms with van der Waals surface area (Å²) in [4.78, 5) is 12.5. The van der Waals surface area contributed by atoms with Crippen molar-refractivity contribution in [2.75, 3.05) is 12.8 Å². The van der Waals surface area contributed by atoms with Gasteiger partial charge in [-0.15, -0.1) is 15.3 Å². The normalized spacial score (nSPS) is 14.4. The fraction of sp³-hybridized carbons (Fsp3) is 0.474. The number of tetrazole rings is 1. The maximum absolute atomic E-state index is 12.5. The zero-order valence-corrected chi connectivity index (χ0v) is 17.2. The average Bonchev–Trinajstić information content (AvgIpc) is 3.52. The van der Waals surface area contributed by atoms with Crippen LogP contribution in [0, 0.1) is 0 Å². The van der Waals surface area contributed by atoms with Gasteiger partial charge in [0.25, 0.3) is 5.91 Å². The molecule has 0 unspecified atom stereocenters. The Hall–Kier alpha value is -2.75. The summed E-state index contributed by atoms with van der Waals surface area (Å²) in [5, 5.41) is 23.8. The number of carbonyl (C=O) groups excluding carboxylic acids is 1. The van der Waals surface area contributed by atoms with Gasteiger partial charge in [-0.3, -0.25) is 4.79 Å². The lowest BCUT2D eigenvalue weighted by molar-refractivity contribution is 0.0953. The number of rotatable bonds is 8. The number of hydrogen-bond acceptors (Lipinski definition) is 7. The van der Waals surface area contributed by atoms with Gasteiger partial charge in [0, 0.05) is 24.6 Å². The SMILES string of the molecule is CSc1nnc(CCCNC(=O)c2cccc(-n3cnnn3)c2)n1C1CCCC1. The van der Waals surface area contributed by atoms with E-state index in [2.05, 4.69) is 35.6 Å². The van der Waals surface area contributed by atoms with Gasteiger partial charge in [-0.2, -0.15) is 0 Å². The highest BCUT2D eigenvalue weighted by Gasteiger charge is 2.23. The highest BCUT2D eigenvalue weighted by molar-refractivity contribution is 7.98. The summed E-state index contributed by atoms with van der Waals surface area (Å²) in [5.74, 6) is 0.915. The predicted molar refractivity (Wildman–Crippen MR) is 109 cm³/mol. The van der Waals surface area contributed by atoms with E-state index in [1.807, 2.05) is 18.4 Å². The largest absolute Gasteiger partial charge is 0.352 e. The number of carbonyl (C=O) groups is 1. The van der Waals surface area contributed by atoms with Gasteiger partial charge >= 0.3 is 0 Å². The molecule has 2 heterocycles. The molecule has 3 aromatic rings. The minimum absolute atomic E-state index is 0.109. The van der Waals surface area contributed by atoms with E-state index in [9.17, 15) is 4.79 Å². The first-order valence-corrected chi connectivity index (χ1v) is 11.1. The van der Waals surface area contributed by atoms with Gasteiger partial charge in [0.05, 0.1) is 5.69 Å². The molecule has 1 fully saturated rings. The smallest absolute Gasteiger partial charge is 0.251 e. The fourth-order valence-corrected chi connectivity index (χ4v) is 4.34. The standard InChI is InChI=1S/C19H24N8OS/c1-29-19-23-22-17(27(19)15-7-2-3-8-15)10-5-11-20-18(28)14-6-4-9-16(12-14)26-13-21-24-25-26/h4,6,9,12-13,15H,2-3,5,7-8,10-11H2,1H3,(H,20,28). The minimum atomic E-state index is -0.109. The van der Waals surface area contributed by atoms with Gasteiger partial charge in [-0.05, 0) is 54.1 Å². The molecule has 1 aromatic carbocycles. The number of thioether (sulfide) groups is 1. The third-order valence-corrected chi connectivity index (χ3v) is 5.84. The molecule has 1 saturated carbocycles.